The van der Waals surface area contributed by atoms with Gasteiger partial charge in [-0.05, 0) is 43.5 Å². The number of carbonyl (C=O) groups is 1. The van der Waals surface area contributed by atoms with Crippen LogP contribution in [0.4, 0.5) is 0 Å². The lowest BCUT2D eigenvalue weighted by atomic mass is 10.0. The third-order valence-corrected chi connectivity index (χ3v) is 5.03. The van der Waals surface area contributed by atoms with Crippen molar-refractivity contribution in [2.24, 2.45) is 5.73 Å². The minimum Gasteiger partial charge on any atom is -0.485 e. The lowest BCUT2D eigenvalue weighted by molar-refractivity contribution is 0.0680. The normalized spacial score (nSPS) is 19.8. The van der Waals surface area contributed by atoms with Gasteiger partial charge in [-0.2, -0.15) is 0 Å². The lowest BCUT2D eigenvalue weighted by Crippen LogP contribution is -2.44. The van der Waals surface area contributed by atoms with E-state index in [4.69, 9.17) is 19.6 Å². The molecule has 1 aromatic carbocycles. The number of carbonyl (C=O) groups excluding carboxylic acids is 1. The Balaban J connectivity index is 1.58. The Bertz CT molecular complexity index is 915. The van der Waals surface area contributed by atoms with Gasteiger partial charge in [0.25, 0.3) is 5.91 Å². The van der Waals surface area contributed by atoms with Crippen molar-refractivity contribution in [3.63, 3.8) is 0 Å². The molecular formula is C20H22N2O5. The van der Waals surface area contributed by atoms with Crippen molar-refractivity contribution in [3.05, 3.63) is 57.6 Å². The second kappa shape index (κ2) is 7.08. The van der Waals surface area contributed by atoms with Crippen molar-refractivity contribution in [1.82, 2.24) is 4.90 Å². The highest BCUT2D eigenvalue weighted by Crippen LogP contribution is 2.35. The highest BCUT2D eigenvalue weighted by atomic mass is 16.6. The zero-order valence-corrected chi connectivity index (χ0v) is 15.1. The first-order chi connectivity index (χ1) is 13.0. The summed E-state index contributed by atoms with van der Waals surface area (Å²) < 4.78 is 17.0. The molecule has 142 valence electrons. The van der Waals surface area contributed by atoms with Gasteiger partial charge in [-0.3, -0.25) is 4.79 Å². The summed E-state index contributed by atoms with van der Waals surface area (Å²) in [5.74, 6) is 1.30. The van der Waals surface area contributed by atoms with Crippen LogP contribution in [0.1, 0.15) is 40.6 Å². The number of amides is 1. The molecule has 3 heterocycles. The van der Waals surface area contributed by atoms with E-state index in [9.17, 15) is 9.59 Å². The van der Waals surface area contributed by atoms with Crippen LogP contribution >= 0.6 is 0 Å². The van der Waals surface area contributed by atoms with Gasteiger partial charge in [-0.1, -0.05) is 12.1 Å². The highest BCUT2D eigenvalue weighted by molar-refractivity contribution is 5.95. The Kier molecular flexibility index (Phi) is 4.61. The van der Waals surface area contributed by atoms with Crippen LogP contribution in [0.2, 0.25) is 0 Å². The average molecular weight is 370 g/mol. The lowest BCUT2D eigenvalue weighted by Gasteiger charge is -2.30. The van der Waals surface area contributed by atoms with Crippen molar-refractivity contribution in [2.45, 2.75) is 31.9 Å². The summed E-state index contributed by atoms with van der Waals surface area (Å²) >= 11 is 0. The molecule has 2 N–H and O–H groups in total. The van der Waals surface area contributed by atoms with Crippen LogP contribution in [0.25, 0.3) is 0 Å². The number of para-hydroxylation sites is 2. The second-order valence-electron chi connectivity index (χ2n) is 6.99. The van der Waals surface area contributed by atoms with E-state index in [1.807, 2.05) is 18.2 Å². The van der Waals surface area contributed by atoms with E-state index >= 15 is 0 Å². The minimum absolute atomic E-state index is 0.0753. The van der Waals surface area contributed by atoms with Crippen LogP contribution in [0.15, 0.2) is 39.5 Å². The van der Waals surface area contributed by atoms with Gasteiger partial charge in [0.15, 0.2) is 23.4 Å². The molecule has 0 spiro atoms. The van der Waals surface area contributed by atoms with Crippen molar-refractivity contribution in [2.75, 3.05) is 19.7 Å². The molecule has 2 aromatic rings. The molecule has 0 aliphatic carbocycles. The maximum absolute atomic E-state index is 12.8. The molecule has 1 unspecified atom stereocenters. The molecule has 1 saturated heterocycles. The summed E-state index contributed by atoms with van der Waals surface area (Å²) in [4.78, 5) is 27.0. The number of nitrogens with zero attached hydrogens (tertiary/aromatic N) is 1. The Morgan fingerprint density at radius 3 is 2.59 bits per heavy atom. The largest absolute Gasteiger partial charge is 0.485 e. The highest BCUT2D eigenvalue weighted by Gasteiger charge is 2.29. The summed E-state index contributed by atoms with van der Waals surface area (Å²) in [5.41, 5.74) is 5.89. The number of hydrogen-bond donors (Lipinski definition) is 1. The standard InChI is InChI=1S/C20H22N2O5/c1-12-10-16(17-11-25-14-4-2-3-5-15(14)26-17)27-20(24)18(12)19(23)22-8-6-13(21)7-9-22/h2-5,10,13,17H,6-9,11,21H2,1H3. The third kappa shape index (κ3) is 3.42. The van der Waals surface area contributed by atoms with Crippen molar-refractivity contribution in [3.8, 4) is 11.5 Å². The van der Waals surface area contributed by atoms with Crippen molar-refractivity contribution in [1.29, 1.82) is 0 Å². The van der Waals surface area contributed by atoms with Crippen molar-refractivity contribution >= 4 is 5.91 Å². The molecule has 1 atom stereocenters. The van der Waals surface area contributed by atoms with Crippen LogP contribution in [-0.4, -0.2) is 36.5 Å². The van der Waals surface area contributed by atoms with Gasteiger partial charge in [0, 0.05) is 19.1 Å². The third-order valence-electron chi connectivity index (χ3n) is 5.03. The van der Waals surface area contributed by atoms with E-state index in [0.29, 0.717) is 35.9 Å². The van der Waals surface area contributed by atoms with Crippen molar-refractivity contribution < 1.29 is 18.7 Å². The zero-order chi connectivity index (χ0) is 19.0. The molecule has 7 nitrogen and oxygen atoms in total. The Hall–Kier alpha value is -2.80. The summed E-state index contributed by atoms with van der Waals surface area (Å²) in [7, 11) is 0. The number of fused-ring (bicyclic) bond motifs is 1. The Morgan fingerprint density at radius 2 is 1.89 bits per heavy atom. The summed E-state index contributed by atoms with van der Waals surface area (Å²) in [6.45, 7) is 3.08. The van der Waals surface area contributed by atoms with Gasteiger partial charge >= 0.3 is 5.63 Å². The Morgan fingerprint density at radius 1 is 1.19 bits per heavy atom. The van der Waals surface area contributed by atoms with Crippen LogP contribution in [0.5, 0.6) is 11.5 Å². The predicted octanol–water partition coefficient (Wildman–Crippen LogP) is 2.02. The number of likely N-dealkylation sites (tertiary alicyclic amines) is 1. The molecule has 1 amide bonds. The van der Waals surface area contributed by atoms with Crippen LogP contribution in [0, 0.1) is 6.92 Å². The fraction of sp³-hybridized carbons (Fsp3) is 0.400. The van der Waals surface area contributed by atoms with Gasteiger partial charge in [0.05, 0.1) is 0 Å². The number of hydrogen-bond acceptors (Lipinski definition) is 6. The maximum atomic E-state index is 12.8. The second-order valence-corrected chi connectivity index (χ2v) is 6.99. The van der Waals surface area contributed by atoms with E-state index in [2.05, 4.69) is 0 Å². The van der Waals surface area contributed by atoms with Crippen LogP contribution in [0.3, 0.4) is 0 Å². The number of rotatable bonds is 2. The first-order valence-corrected chi connectivity index (χ1v) is 9.11. The molecule has 0 radical (unpaired) electrons. The van der Waals surface area contributed by atoms with E-state index in [1.54, 1.807) is 24.0 Å². The fourth-order valence-electron chi connectivity index (χ4n) is 3.47. The molecule has 7 heteroatoms. The molecule has 4 rings (SSSR count). The fourth-order valence-corrected chi connectivity index (χ4v) is 3.47. The van der Waals surface area contributed by atoms with E-state index in [0.717, 1.165) is 12.8 Å². The first-order valence-electron chi connectivity index (χ1n) is 9.11. The predicted molar refractivity (Wildman–Crippen MR) is 98.1 cm³/mol. The molecule has 27 heavy (non-hydrogen) atoms. The van der Waals surface area contributed by atoms with Crippen LogP contribution < -0.4 is 20.8 Å². The zero-order valence-electron chi connectivity index (χ0n) is 15.1. The summed E-state index contributed by atoms with van der Waals surface area (Å²) in [5, 5.41) is 0. The molecule has 0 bridgehead atoms. The van der Waals surface area contributed by atoms with E-state index < -0.39 is 11.7 Å². The molecule has 1 aromatic heterocycles. The Labute approximate surface area is 156 Å². The smallest absolute Gasteiger partial charge is 0.349 e. The maximum Gasteiger partial charge on any atom is 0.349 e. The number of benzene rings is 1. The average Bonchev–Trinajstić information content (AvgIpc) is 2.67. The van der Waals surface area contributed by atoms with Gasteiger partial charge in [0.2, 0.25) is 0 Å². The molecule has 1 fully saturated rings. The number of nitrogens with two attached hydrogens (primary N) is 1. The van der Waals surface area contributed by atoms with Crippen LogP contribution in [-0.2, 0) is 0 Å². The number of ether oxygens (including phenoxy) is 2. The monoisotopic (exact) mass is 370 g/mol. The molecule has 2 aliphatic heterocycles. The SMILES string of the molecule is Cc1cc(C2COc3ccccc3O2)oc(=O)c1C(=O)N1CCC(N)CC1. The van der Waals surface area contributed by atoms with E-state index in [-0.39, 0.29) is 24.1 Å². The quantitative estimate of drug-likeness (QED) is 0.869. The summed E-state index contributed by atoms with van der Waals surface area (Å²) in [6, 6.07) is 9.12. The van der Waals surface area contributed by atoms with E-state index in [1.165, 1.54) is 0 Å². The number of aryl methyl sites for hydroxylation is 1. The van der Waals surface area contributed by atoms with Gasteiger partial charge < -0.3 is 24.5 Å². The number of piperidine rings is 1. The van der Waals surface area contributed by atoms with Gasteiger partial charge in [-0.15, -0.1) is 0 Å². The summed E-state index contributed by atoms with van der Waals surface area (Å²) in [6.07, 6.45) is 0.935. The molecular weight excluding hydrogens is 348 g/mol. The topological polar surface area (TPSA) is 95.0 Å². The molecule has 0 saturated carbocycles. The van der Waals surface area contributed by atoms with Gasteiger partial charge in [0.1, 0.15) is 12.2 Å². The van der Waals surface area contributed by atoms with Gasteiger partial charge in [-0.25, -0.2) is 4.79 Å². The molecule has 2 aliphatic rings. The minimum atomic E-state index is -0.646. The first kappa shape index (κ1) is 17.6.